The third kappa shape index (κ3) is 4.26. The number of fused-ring (bicyclic) bond motifs is 2. The number of rotatable bonds is 6. The molecule has 36 heavy (non-hydrogen) atoms. The highest BCUT2D eigenvalue weighted by atomic mass is 35.5. The van der Waals surface area contributed by atoms with E-state index in [0.29, 0.717) is 45.6 Å². The van der Waals surface area contributed by atoms with Gasteiger partial charge in [-0.25, -0.2) is 4.98 Å². The molecule has 1 atom stereocenters. The van der Waals surface area contributed by atoms with E-state index in [4.69, 9.17) is 20.8 Å². The second kappa shape index (κ2) is 9.43. The fourth-order valence-corrected chi connectivity index (χ4v) is 4.59. The van der Waals surface area contributed by atoms with Crippen LogP contribution >= 0.6 is 11.6 Å². The van der Waals surface area contributed by atoms with Crippen LogP contribution in [0.5, 0.6) is 5.75 Å². The average molecular weight is 503 g/mol. The van der Waals surface area contributed by atoms with Crippen LogP contribution in [0, 0.1) is 19.8 Å². The quantitative estimate of drug-likeness (QED) is 0.296. The van der Waals surface area contributed by atoms with Gasteiger partial charge in [-0.05, 0) is 79.3 Å². The Kier molecular flexibility index (Phi) is 6.31. The molecule has 184 valence electrons. The Morgan fingerprint density at radius 3 is 2.58 bits per heavy atom. The maximum atomic E-state index is 13.9. The van der Waals surface area contributed by atoms with Gasteiger partial charge >= 0.3 is 0 Å². The second-order valence-corrected chi connectivity index (χ2v) is 10.1. The summed E-state index contributed by atoms with van der Waals surface area (Å²) in [6.07, 6.45) is 2.40. The Labute approximate surface area is 214 Å². The SMILES string of the molecule is Cc1cc2oc3c(c(=O)c2cc1C)C(c1cccc(OCCC(C)C)c1)N(c1ccc(Cl)cn1)C3=O. The summed E-state index contributed by atoms with van der Waals surface area (Å²) in [6, 6.07) is 13.7. The Hall–Kier alpha value is -3.64. The number of halogens is 1. The van der Waals surface area contributed by atoms with Crippen LogP contribution in [0.4, 0.5) is 5.82 Å². The third-order valence-electron chi connectivity index (χ3n) is 6.58. The summed E-state index contributed by atoms with van der Waals surface area (Å²) in [5.74, 6) is 1.18. The van der Waals surface area contributed by atoms with Gasteiger partial charge < -0.3 is 9.15 Å². The second-order valence-electron chi connectivity index (χ2n) is 9.62. The lowest BCUT2D eigenvalue weighted by Gasteiger charge is -2.24. The molecule has 0 saturated heterocycles. The van der Waals surface area contributed by atoms with Crippen LogP contribution < -0.4 is 15.1 Å². The Bertz CT molecular complexity index is 1530. The highest BCUT2D eigenvalue weighted by Crippen LogP contribution is 2.41. The Morgan fingerprint density at radius 2 is 1.86 bits per heavy atom. The fraction of sp³-hybridized carbons (Fsp3) is 0.276. The van der Waals surface area contributed by atoms with E-state index in [0.717, 1.165) is 23.1 Å². The summed E-state index contributed by atoms with van der Waals surface area (Å²) in [5, 5.41) is 0.899. The predicted molar refractivity (Wildman–Crippen MR) is 141 cm³/mol. The molecule has 5 rings (SSSR count). The average Bonchev–Trinajstić information content (AvgIpc) is 3.13. The molecule has 0 aliphatic carbocycles. The van der Waals surface area contributed by atoms with Gasteiger partial charge in [0.2, 0.25) is 5.76 Å². The van der Waals surface area contributed by atoms with Crippen molar-refractivity contribution in [3.63, 3.8) is 0 Å². The third-order valence-corrected chi connectivity index (χ3v) is 6.81. The summed E-state index contributed by atoms with van der Waals surface area (Å²) >= 11 is 6.06. The lowest BCUT2D eigenvalue weighted by Crippen LogP contribution is -2.30. The van der Waals surface area contributed by atoms with Crippen molar-refractivity contribution in [1.29, 1.82) is 0 Å². The van der Waals surface area contributed by atoms with E-state index in [1.54, 1.807) is 18.2 Å². The maximum absolute atomic E-state index is 13.9. The standard InChI is InChI=1S/C29H27ClN2O4/c1-16(2)10-11-35-21-7-5-6-19(14-21)26-25-27(33)22-12-17(3)18(4)13-23(22)36-28(25)29(34)32(26)24-9-8-20(30)15-31-24/h5-9,12-16,26H,10-11H2,1-4H3. The molecule has 4 aromatic rings. The predicted octanol–water partition coefficient (Wildman–Crippen LogP) is 6.63. The Morgan fingerprint density at radius 1 is 1.08 bits per heavy atom. The van der Waals surface area contributed by atoms with Crippen LogP contribution in [0.2, 0.25) is 5.02 Å². The lowest BCUT2D eigenvalue weighted by atomic mass is 9.97. The van der Waals surface area contributed by atoms with Crippen molar-refractivity contribution in [2.75, 3.05) is 11.5 Å². The van der Waals surface area contributed by atoms with Crippen molar-refractivity contribution < 1.29 is 13.9 Å². The number of nitrogens with zero attached hydrogens (tertiary/aromatic N) is 2. The zero-order chi connectivity index (χ0) is 25.6. The molecule has 1 amide bonds. The molecule has 0 radical (unpaired) electrons. The van der Waals surface area contributed by atoms with Crippen LogP contribution in [0.3, 0.4) is 0 Å². The summed E-state index contributed by atoms with van der Waals surface area (Å²) in [5.41, 5.74) is 3.16. The number of carbonyl (C=O) groups is 1. The molecule has 0 fully saturated rings. The lowest BCUT2D eigenvalue weighted by molar-refractivity contribution is 0.0970. The van der Waals surface area contributed by atoms with Crippen LogP contribution in [-0.2, 0) is 0 Å². The van der Waals surface area contributed by atoms with Crippen molar-refractivity contribution in [2.45, 2.75) is 40.2 Å². The van der Waals surface area contributed by atoms with Crippen LogP contribution in [0.25, 0.3) is 11.0 Å². The number of aromatic nitrogens is 1. The molecule has 1 aliphatic heterocycles. The van der Waals surface area contributed by atoms with Gasteiger partial charge in [-0.2, -0.15) is 0 Å². The van der Waals surface area contributed by atoms with E-state index < -0.39 is 11.9 Å². The van der Waals surface area contributed by atoms with Gasteiger partial charge in [0.15, 0.2) is 5.43 Å². The van der Waals surface area contributed by atoms with Gasteiger partial charge in [0.25, 0.3) is 5.91 Å². The first-order valence-electron chi connectivity index (χ1n) is 12.0. The topological polar surface area (TPSA) is 72.6 Å². The Balaban J connectivity index is 1.69. The fourth-order valence-electron chi connectivity index (χ4n) is 4.48. The molecule has 0 bridgehead atoms. The molecule has 7 heteroatoms. The van der Waals surface area contributed by atoms with Crippen molar-refractivity contribution in [3.05, 3.63) is 98.0 Å². The highest BCUT2D eigenvalue weighted by molar-refractivity contribution is 6.30. The summed E-state index contributed by atoms with van der Waals surface area (Å²) in [7, 11) is 0. The number of anilines is 1. The molecule has 2 aromatic carbocycles. The van der Waals surface area contributed by atoms with Gasteiger partial charge in [0.1, 0.15) is 17.2 Å². The molecule has 3 heterocycles. The van der Waals surface area contributed by atoms with Crippen molar-refractivity contribution in [1.82, 2.24) is 4.98 Å². The number of hydrogen-bond acceptors (Lipinski definition) is 5. The monoisotopic (exact) mass is 502 g/mol. The van der Waals surface area contributed by atoms with Crippen LogP contribution in [-0.4, -0.2) is 17.5 Å². The first kappa shape index (κ1) is 24.1. The number of carbonyl (C=O) groups excluding carboxylic acids is 1. The number of amides is 1. The first-order chi connectivity index (χ1) is 17.2. The largest absolute Gasteiger partial charge is 0.494 e. The molecule has 1 aliphatic rings. The van der Waals surface area contributed by atoms with Gasteiger partial charge in [-0.15, -0.1) is 0 Å². The molecule has 1 unspecified atom stereocenters. The number of hydrogen-bond donors (Lipinski definition) is 0. The molecule has 0 spiro atoms. The molecule has 2 aromatic heterocycles. The molecular formula is C29H27ClN2O4. The van der Waals surface area contributed by atoms with Gasteiger partial charge in [0.05, 0.1) is 28.6 Å². The van der Waals surface area contributed by atoms with Crippen LogP contribution in [0.1, 0.15) is 59.1 Å². The molecule has 0 N–H and O–H groups in total. The van der Waals surface area contributed by atoms with E-state index in [1.165, 1.54) is 11.1 Å². The molecule has 6 nitrogen and oxygen atoms in total. The molecule has 0 saturated carbocycles. The smallest absolute Gasteiger partial charge is 0.296 e. The van der Waals surface area contributed by atoms with E-state index in [9.17, 15) is 9.59 Å². The minimum atomic E-state index is -0.725. The molecular weight excluding hydrogens is 476 g/mol. The van der Waals surface area contributed by atoms with E-state index >= 15 is 0 Å². The zero-order valence-electron chi connectivity index (χ0n) is 20.7. The summed E-state index contributed by atoms with van der Waals surface area (Å²) in [6.45, 7) is 8.76. The van der Waals surface area contributed by atoms with E-state index in [-0.39, 0.29) is 11.2 Å². The summed E-state index contributed by atoms with van der Waals surface area (Å²) in [4.78, 5) is 33.5. The first-order valence-corrected chi connectivity index (χ1v) is 12.4. The van der Waals surface area contributed by atoms with Gasteiger partial charge in [-0.1, -0.05) is 37.6 Å². The minimum absolute atomic E-state index is 0.0311. The normalized spacial score (nSPS) is 15.1. The summed E-state index contributed by atoms with van der Waals surface area (Å²) < 4.78 is 12.1. The zero-order valence-corrected chi connectivity index (χ0v) is 21.4. The van der Waals surface area contributed by atoms with Crippen molar-refractivity contribution in [3.8, 4) is 5.75 Å². The number of ether oxygens (including phenoxy) is 1. The van der Waals surface area contributed by atoms with Crippen LogP contribution in [0.15, 0.2) is 63.9 Å². The van der Waals surface area contributed by atoms with Gasteiger partial charge in [0, 0.05) is 6.20 Å². The van der Waals surface area contributed by atoms with Crippen molar-refractivity contribution >= 4 is 34.3 Å². The van der Waals surface area contributed by atoms with Gasteiger partial charge in [-0.3, -0.25) is 14.5 Å². The highest BCUT2D eigenvalue weighted by Gasteiger charge is 2.44. The minimum Gasteiger partial charge on any atom is -0.494 e. The maximum Gasteiger partial charge on any atom is 0.296 e. The number of aryl methyl sites for hydroxylation is 2. The van der Waals surface area contributed by atoms with E-state index in [1.807, 2.05) is 44.2 Å². The number of benzene rings is 2. The van der Waals surface area contributed by atoms with E-state index in [2.05, 4.69) is 18.8 Å². The number of pyridine rings is 1. The van der Waals surface area contributed by atoms with Crippen molar-refractivity contribution in [2.24, 2.45) is 5.92 Å².